The third kappa shape index (κ3) is 2.88. The number of halogens is 2. The lowest BCUT2D eigenvalue weighted by atomic mass is 10.2. The number of benzene rings is 2. The number of anilines is 1. The topological polar surface area (TPSA) is 69.6 Å². The van der Waals surface area contributed by atoms with Gasteiger partial charge in [-0.25, -0.2) is 9.37 Å². The Kier molecular flexibility index (Phi) is 3.95. The average Bonchev–Trinajstić information content (AvgIpc) is 3.25. The molecule has 0 aliphatic carbocycles. The minimum atomic E-state index is -0.503. The monoisotopic (exact) mass is 371 g/mol. The van der Waals surface area contributed by atoms with Crippen LogP contribution in [0.3, 0.4) is 0 Å². The predicted molar refractivity (Wildman–Crippen MR) is 97.3 cm³/mol. The van der Waals surface area contributed by atoms with E-state index < -0.39 is 5.82 Å². The normalized spacial score (nSPS) is 11.0. The van der Waals surface area contributed by atoms with Crippen molar-refractivity contribution in [2.24, 2.45) is 0 Å². The van der Waals surface area contributed by atoms with Crippen LogP contribution >= 0.6 is 22.9 Å². The standard InChI is InChI=1S/C17H11ClFN5S/c18-12-8-11(6-7-13(12)19)24-16(20)15(22-23-24)17-21-14(9-25-17)10-4-2-1-3-5-10/h1-9H,20H2. The second-order valence-corrected chi connectivity index (χ2v) is 6.50. The number of thiazole rings is 1. The second-order valence-electron chi connectivity index (χ2n) is 5.24. The molecule has 0 bridgehead atoms. The summed E-state index contributed by atoms with van der Waals surface area (Å²) in [4.78, 5) is 4.59. The van der Waals surface area contributed by atoms with Crippen molar-refractivity contribution in [2.75, 3.05) is 5.73 Å². The summed E-state index contributed by atoms with van der Waals surface area (Å²) in [5, 5.41) is 10.8. The lowest BCUT2D eigenvalue weighted by molar-refractivity contribution is 0.627. The van der Waals surface area contributed by atoms with E-state index in [1.54, 1.807) is 0 Å². The maximum absolute atomic E-state index is 13.3. The number of nitrogens with two attached hydrogens (primary N) is 1. The van der Waals surface area contributed by atoms with Gasteiger partial charge in [-0.05, 0) is 18.2 Å². The summed E-state index contributed by atoms with van der Waals surface area (Å²) in [6.45, 7) is 0. The molecular weight excluding hydrogens is 361 g/mol. The van der Waals surface area contributed by atoms with E-state index in [1.807, 2.05) is 35.7 Å². The quantitative estimate of drug-likeness (QED) is 0.578. The van der Waals surface area contributed by atoms with E-state index in [4.69, 9.17) is 17.3 Å². The van der Waals surface area contributed by atoms with Crippen LogP contribution in [0.2, 0.25) is 5.02 Å². The van der Waals surface area contributed by atoms with Crippen molar-refractivity contribution in [2.45, 2.75) is 0 Å². The van der Waals surface area contributed by atoms with Crippen LogP contribution in [0.4, 0.5) is 10.2 Å². The molecule has 0 spiro atoms. The second kappa shape index (κ2) is 6.27. The van der Waals surface area contributed by atoms with Gasteiger partial charge in [0.1, 0.15) is 10.8 Å². The molecule has 0 amide bonds. The highest BCUT2D eigenvalue weighted by Gasteiger charge is 2.17. The highest BCUT2D eigenvalue weighted by Crippen LogP contribution is 2.31. The summed E-state index contributed by atoms with van der Waals surface area (Å²) in [6.07, 6.45) is 0. The van der Waals surface area contributed by atoms with E-state index in [-0.39, 0.29) is 5.02 Å². The van der Waals surface area contributed by atoms with Crippen molar-refractivity contribution in [3.63, 3.8) is 0 Å². The molecular formula is C17H11ClFN5S. The molecule has 124 valence electrons. The minimum Gasteiger partial charge on any atom is -0.382 e. The number of hydrogen-bond acceptors (Lipinski definition) is 5. The Morgan fingerprint density at radius 3 is 2.68 bits per heavy atom. The molecule has 8 heteroatoms. The lowest BCUT2D eigenvalue weighted by Gasteiger charge is -2.04. The highest BCUT2D eigenvalue weighted by molar-refractivity contribution is 7.13. The number of nitrogen functional groups attached to an aromatic ring is 1. The highest BCUT2D eigenvalue weighted by atomic mass is 35.5. The van der Waals surface area contributed by atoms with Gasteiger partial charge in [0.05, 0.1) is 16.4 Å². The summed E-state index contributed by atoms with van der Waals surface area (Å²) in [6, 6.07) is 14.1. The van der Waals surface area contributed by atoms with Crippen LogP contribution in [-0.4, -0.2) is 20.0 Å². The van der Waals surface area contributed by atoms with Gasteiger partial charge in [-0.1, -0.05) is 47.1 Å². The van der Waals surface area contributed by atoms with Crippen molar-refractivity contribution in [3.8, 4) is 27.6 Å². The van der Waals surface area contributed by atoms with E-state index >= 15 is 0 Å². The molecule has 4 rings (SSSR count). The number of aromatic nitrogens is 4. The van der Waals surface area contributed by atoms with E-state index in [0.717, 1.165) is 11.3 Å². The lowest BCUT2D eigenvalue weighted by Crippen LogP contribution is -2.02. The predicted octanol–water partition coefficient (Wildman–Crippen LogP) is 4.43. The van der Waals surface area contributed by atoms with Gasteiger partial charge in [0, 0.05) is 10.9 Å². The average molecular weight is 372 g/mol. The van der Waals surface area contributed by atoms with Crippen molar-refractivity contribution in [1.29, 1.82) is 0 Å². The van der Waals surface area contributed by atoms with E-state index in [2.05, 4.69) is 15.3 Å². The minimum absolute atomic E-state index is 0.00503. The van der Waals surface area contributed by atoms with E-state index in [1.165, 1.54) is 34.2 Å². The van der Waals surface area contributed by atoms with E-state index in [9.17, 15) is 4.39 Å². The number of rotatable bonds is 3. The van der Waals surface area contributed by atoms with Crippen molar-refractivity contribution in [1.82, 2.24) is 20.0 Å². The number of hydrogen-bond donors (Lipinski definition) is 1. The SMILES string of the molecule is Nc1c(-c2nc(-c3ccccc3)cs2)nnn1-c1ccc(F)c(Cl)c1. The molecule has 25 heavy (non-hydrogen) atoms. The molecule has 2 aromatic carbocycles. The maximum Gasteiger partial charge on any atom is 0.165 e. The van der Waals surface area contributed by atoms with Crippen LogP contribution in [0.1, 0.15) is 0 Å². The van der Waals surface area contributed by atoms with Gasteiger partial charge in [0.2, 0.25) is 0 Å². The zero-order chi connectivity index (χ0) is 17.4. The van der Waals surface area contributed by atoms with Crippen molar-refractivity contribution in [3.05, 3.63) is 64.8 Å². The Balaban J connectivity index is 1.72. The molecule has 5 nitrogen and oxygen atoms in total. The summed E-state index contributed by atoms with van der Waals surface area (Å²) in [5.74, 6) is -0.187. The zero-order valence-corrected chi connectivity index (χ0v) is 14.3. The molecule has 4 aromatic rings. The van der Waals surface area contributed by atoms with Crippen LogP contribution < -0.4 is 5.73 Å². The molecule has 2 N–H and O–H groups in total. The Morgan fingerprint density at radius 1 is 1.12 bits per heavy atom. The molecule has 2 heterocycles. The van der Waals surface area contributed by atoms with Gasteiger partial charge in [-0.3, -0.25) is 0 Å². The molecule has 0 aliphatic heterocycles. The fourth-order valence-electron chi connectivity index (χ4n) is 2.37. The first kappa shape index (κ1) is 15.7. The molecule has 0 saturated carbocycles. The Hall–Kier alpha value is -2.77. The van der Waals surface area contributed by atoms with Gasteiger partial charge in [0.25, 0.3) is 0 Å². The smallest absolute Gasteiger partial charge is 0.165 e. The zero-order valence-electron chi connectivity index (χ0n) is 12.7. The Labute approximate surface area is 151 Å². The van der Waals surface area contributed by atoms with Crippen LogP contribution in [-0.2, 0) is 0 Å². The Bertz CT molecular complexity index is 1040. The summed E-state index contributed by atoms with van der Waals surface area (Å²) in [7, 11) is 0. The van der Waals surface area contributed by atoms with Crippen LogP contribution in [0.5, 0.6) is 0 Å². The van der Waals surface area contributed by atoms with Gasteiger partial charge in [-0.15, -0.1) is 16.4 Å². The number of nitrogens with zero attached hydrogens (tertiary/aromatic N) is 4. The first-order chi connectivity index (χ1) is 12.1. The van der Waals surface area contributed by atoms with Crippen LogP contribution in [0, 0.1) is 5.82 Å². The van der Waals surface area contributed by atoms with Gasteiger partial charge >= 0.3 is 0 Å². The third-order valence-electron chi connectivity index (χ3n) is 3.63. The van der Waals surface area contributed by atoms with Crippen LogP contribution in [0.15, 0.2) is 53.9 Å². The summed E-state index contributed by atoms with van der Waals surface area (Å²) < 4.78 is 14.7. The molecule has 0 fully saturated rings. The maximum atomic E-state index is 13.3. The largest absolute Gasteiger partial charge is 0.382 e. The third-order valence-corrected chi connectivity index (χ3v) is 4.77. The van der Waals surface area contributed by atoms with Gasteiger partial charge < -0.3 is 5.73 Å². The fourth-order valence-corrected chi connectivity index (χ4v) is 3.37. The van der Waals surface area contributed by atoms with Crippen LogP contribution in [0.25, 0.3) is 27.6 Å². The van der Waals surface area contributed by atoms with Gasteiger partial charge in [-0.2, -0.15) is 4.68 Å². The molecule has 0 radical (unpaired) electrons. The van der Waals surface area contributed by atoms with Crippen molar-refractivity contribution >= 4 is 28.8 Å². The fraction of sp³-hybridized carbons (Fsp3) is 0. The Morgan fingerprint density at radius 2 is 1.92 bits per heavy atom. The molecule has 0 aliphatic rings. The molecule has 0 saturated heterocycles. The molecule has 0 atom stereocenters. The summed E-state index contributed by atoms with van der Waals surface area (Å²) >= 11 is 7.26. The molecule has 0 unspecified atom stereocenters. The first-order valence-electron chi connectivity index (χ1n) is 7.31. The molecule has 2 aromatic heterocycles. The van der Waals surface area contributed by atoms with E-state index in [0.29, 0.717) is 22.2 Å². The first-order valence-corrected chi connectivity index (χ1v) is 8.57. The summed E-state index contributed by atoms with van der Waals surface area (Å²) in [5.41, 5.74) is 9.04. The van der Waals surface area contributed by atoms with Gasteiger partial charge in [0.15, 0.2) is 11.5 Å². The van der Waals surface area contributed by atoms with Crippen molar-refractivity contribution < 1.29 is 4.39 Å².